The predicted octanol–water partition coefficient (Wildman–Crippen LogP) is 1.79. The van der Waals surface area contributed by atoms with Crippen molar-refractivity contribution < 1.29 is 14.3 Å². The van der Waals surface area contributed by atoms with Crippen molar-refractivity contribution in [2.45, 2.75) is 33.2 Å². The number of pyridine rings is 1. The Hall–Kier alpha value is -1.91. The summed E-state index contributed by atoms with van der Waals surface area (Å²) >= 11 is 0. The number of nitrogens with zero attached hydrogens (tertiary/aromatic N) is 1. The minimum absolute atomic E-state index is 0.137. The lowest BCUT2D eigenvalue weighted by Crippen LogP contribution is -2.41. The van der Waals surface area contributed by atoms with Crippen molar-refractivity contribution in [3.63, 3.8) is 0 Å². The zero-order chi connectivity index (χ0) is 13.8. The molecule has 1 aromatic heterocycles. The Balaban J connectivity index is 2.88. The highest BCUT2D eigenvalue weighted by Crippen LogP contribution is 2.05. The summed E-state index contributed by atoms with van der Waals surface area (Å²) in [6, 6.07) is 4.69. The van der Waals surface area contributed by atoms with Crippen LogP contribution < -0.4 is 5.32 Å². The summed E-state index contributed by atoms with van der Waals surface area (Å²) in [5.41, 5.74) is -0.00695. The van der Waals surface area contributed by atoms with E-state index in [0.29, 0.717) is 0 Å². The van der Waals surface area contributed by atoms with E-state index in [1.165, 1.54) is 6.07 Å². The van der Waals surface area contributed by atoms with E-state index >= 15 is 0 Å². The van der Waals surface area contributed by atoms with Gasteiger partial charge in [0.1, 0.15) is 11.4 Å². The summed E-state index contributed by atoms with van der Waals surface area (Å²) in [6.45, 7) is 7.62. The van der Waals surface area contributed by atoms with Crippen LogP contribution in [0.2, 0.25) is 0 Å². The van der Waals surface area contributed by atoms with Crippen molar-refractivity contribution in [1.29, 1.82) is 0 Å². The van der Waals surface area contributed by atoms with E-state index < -0.39 is 5.97 Å². The van der Waals surface area contributed by atoms with Crippen LogP contribution in [0.4, 0.5) is 0 Å². The van der Waals surface area contributed by atoms with E-state index in [0.717, 1.165) is 0 Å². The van der Waals surface area contributed by atoms with Crippen LogP contribution in [0.15, 0.2) is 18.2 Å². The van der Waals surface area contributed by atoms with E-state index in [2.05, 4.69) is 10.3 Å². The van der Waals surface area contributed by atoms with Gasteiger partial charge in [0, 0.05) is 5.54 Å². The van der Waals surface area contributed by atoms with Crippen LogP contribution in [-0.2, 0) is 4.74 Å². The molecule has 1 amide bonds. The second kappa shape index (κ2) is 5.62. The number of rotatable bonds is 3. The molecule has 0 bridgehead atoms. The van der Waals surface area contributed by atoms with Gasteiger partial charge in [-0.2, -0.15) is 0 Å². The fourth-order valence-corrected chi connectivity index (χ4v) is 1.28. The highest BCUT2D eigenvalue weighted by atomic mass is 16.5. The summed E-state index contributed by atoms with van der Waals surface area (Å²) < 4.78 is 4.83. The third kappa shape index (κ3) is 4.16. The Kier molecular flexibility index (Phi) is 4.42. The first kappa shape index (κ1) is 14.2. The standard InChI is InChI=1S/C13H18N2O3/c1-5-18-12(17)10-8-6-7-9(14-10)11(16)15-13(2,3)4/h6-8H,5H2,1-4H3,(H,15,16). The van der Waals surface area contributed by atoms with Gasteiger partial charge in [-0.15, -0.1) is 0 Å². The minimum atomic E-state index is -0.525. The topological polar surface area (TPSA) is 68.3 Å². The lowest BCUT2D eigenvalue weighted by atomic mass is 10.1. The van der Waals surface area contributed by atoms with Crippen molar-refractivity contribution in [3.05, 3.63) is 29.6 Å². The van der Waals surface area contributed by atoms with Crippen LogP contribution in [0.3, 0.4) is 0 Å². The van der Waals surface area contributed by atoms with Crippen molar-refractivity contribution in [2.24, 2.45) is 0 Å². The monoisotopic (exact) mass is 250 g/mol. The predicted molar refractivity (Wildman–Crippen MR) is 67.4 cm³/mol. The zero-order valence-electron chi connectivity index (χ0n) is 11.1. The fourth-order valence-electron chi connectivity index (χ4n) is 1.28. The fraction of sp³-hybridized carbons (Fsp3) is 0.462. The molecule has 0 saturated carbocycles. The Morgan fingerprint density at radius 2 is 1.89 bits per heavy atom. The van der Waals surface area contributed by atoms with Crippen molar-refractivity contribution in [1.82, 2.24) is 10.3 Å². The summed E-state index contributed by atoms with van der Waals surface area (Å²) in [5.74, 6) is -0.837. The molecule has 98 valence electrons. The SMILES string of the molecule is CCOC(=O)c1cccc(C(=O)NC(C)(C)C)n1. The Morgan fingerprint density at radius 1 is 1.28 bits per heavy atom. The first-order valence-corrected chi connectivity index (χ1v) is 5.80. The number of nitrogens with one attached hydrogen (secondary N) is 1. The highest BCUT2D eigenvalue weighted by Gasteiger charge is 2.17. The first-order valence-electron chi connectivity index (χ1n) is 5.80. The largest absolute Gasteiger partial charge is 0.461 e. The van der Waals surface area contributed by atoms with Gasteiger partial charge in [-0.05, 0) is 39.8 Å². The third-order valence-corrected chi connectivity index (χ3v) is 1.95. The Morgan fingerprint density at radius 3 is 2.44 bits per heavy atom. The average molecular weight is 250 g/mol. The van der Waals surface area contributed by atoms with Gasteiger partial charge in [0.25, 0.3) is 5.91 Å². The van der Waals surface area contributed by atoms with Crippen LogP contribution >= 0.6 is 0 Å². The molecule has 1 rings (SSSR count). The second-order valence-electron chi connectivity index (χ2n) is 4.83. The van der Waals surface area contributed by atoms with Crippen molar-refractivity contribution in [3.8, 4) is 0 Å². The van der Waals surface area contributed by atoms with Gasteiger partial charge in [-0.1, -0.05) is 6.07 Å². The van der Waals surface area contributed by atoms with E-state index in [9.17, 15) is 9.59 Å². The molecule has 1 heterocycles. The van der Waals surface area contributed by atoms with Crippen LogP contribution in [0.5, 0.6) is 0 Å². The molecule has 0 aliphatic heterocycles. The number of hydrogen-bond acceptors (Lipinski definition) is 4. The second-order valence-corrected chi connectivity index (χ2v) is 4.83. The number of hydrogen-bond donors (Lipinski definition) is 1. The van der Waals surface area contributed by atoms with Gasteiger partial charge in [0.15, 0.2) is 0 Å². The quantitative estimate of drug-likeness (QED) is 0.830. The Bertz CT molecular complexity index is 450. The van der Waals surface area contributed by atoms with Crippen LogP contribution in [0.25, 0.3) is 0 Å². The molecule has 1 N–H and O–H groups in total. The third-order valence-electron chi connectivity index (χ3n) is 1.95. The lowest BCUT2D eigenvalue weighted by Gasteiger charge is -2.20. The van der Waals surface area contributed by atoms with Gasteiger partial charge < -0.3 is 10.1 Å². The number of carbonyl (C=O) groups excluding carboxylic acids is 2. The molecule has 0 fully saturated rings. The maximum atomic E-state index is 11.9. The normalized spacial score (nSPS) is 10.9. The van der Waals surface area contributed by atoms with Crippen LogP contribution in [-0.4, -0.2) is 29.0 Å². The molecule has 0 aliphatic carbocycles. The summed E-state index contributed by atoms with van der Waals surface area (Å²) in [4.78, 5) is 27.3. The van der Waals surface area contributed by atoms with Crippen molar-refractivity contribution >= 4 is 11.9 Å². The summed E-state index contributed by atoms with van der Waals surface area (Å²) in [6.07, 6.45) is 0. The van der Waals surface area contributed by atoms with Crippen LogP contribution in [0, 0.1) is 0 Å². The van der Waals surface area contributed by atoms with E-state index in [1.54, 1.807) is 19.1 Å². The molecular formula is C13H18N2O3. The zero-order valence-corrected chi connectivity index (χ0v) is 11.1. The molecule has 0 unspecified atom stereocenters. The van der Waals surface area contributed by atoms with Gasteiger partial charge in [-0.25, -0.2) is 9.78 Å². The Labute approximate surface area is 107 Å². The maximum absolute atomic E-state index is 11.9. The molecule has 0 aliphatic rings. The molecule has 0 aromatic carbocycles. The van der Waals surface area contributed by atoms with E-state index in [4.69, 9.17) is 4.74 Å². The smallest absolute Gasteiger partial charge is 0.356 e. The first-order chi connectivity index (χ1) is 8.33. The van der Waals surface area contributed by atoms with Crippen molar-refractivity contribution in [2.75, 3.05) is 6.61 Å². The van der Waals surface area contributed by atoms with E-state index in [1.807, 2.05) is 20.8 Å². The summed E-state index contributed by atoms with van der Waals surface area (Å²) in [7, 11) is 0. The number of aromatic nitrogens is 1. The molecular weight excluding hydrogens is 232 g/mol. The molecule has 5 nitrogen and oxygen atoms in total. The molecule has 0 saturated heterocycles. The van der Waals surface area contributed by atoms with Crippen LogP contribution in [0.1, 0.15) is 48.7 Å². The molecule has 0 spiro atoms. The maximum Gasteiger partial charge on any atom is 0.356 e. The average Bonchev–Trinajstić information content (AvgIpc) is 2.27. The highest BCUT2D eigenvalue weighted by molar-refractivity contribution is 5.94. The number of carbonyl (C=O) groups is 2. The minimum Gasteiger partial charge on any atom is -0.461 e. The molecule has 1 aromatic rings. The molecule has 0 radical (unpaired) electrons. The molecule has 18 heavy (non-hydrogen) atoms. The van der Waals surface area contributed by atoms with Gasteiger partial charge >= 0.3 is 5.97 Å². The number of esters is 1. The van der Waals surface area contributed by atoms with Gasteiger partial charge in [-0.3, -0.25) is 4.79 Å². The molecule has 0 atom stereocenters. The molecule has 5 heteroatoms. The number of ether oxygens (including phenoxy) is 1. The van der Waals surface area contributed by atoms with Gasteiger partial charge in [0.2, 0.25) is 0 Å². The van der Waals surface area contributed by atoms with E-state index in [-0.39, 0.29) is 29.4 Å². The summed E-state index contributed by atoms with van der Waals surface area (Å²) in [5, 5.41) is 2.78. The number of amides is 1. The lowest BCUT2D eigenvalue weighted by molar-refractivity contribution is 0.0519. The van der Waals surface area contributed by atoms with Gasteiger partial charge in [0.05, 0.1) is 6.61 Å².